The van der Waals surface area contributed by atoms with E-state index in [1.807, 2.05) is 23.5 Å². The molecular formula is C34H34S4+2. The number of rotatable bonds is 8. The molecule has 2 aliphatic rings. The normalized spacial score (nSPS) is 15.2. The van der Waals surface area contributed by atoms with E-state index in [9.17, 15) is 0 Å². The molecule has 0 N–H and O–H groups in total. The lowest BCUT2D eigenvalue weighted by atomic mass is 10.2. The highest BCUT2D eigenvalue weighted by Crippen LogP contribution is 2.54. The van der Waals surface area contributed by atoms with Gasteiger partial charge in [-0.05, 0) is 61.4 Å². The van der Waals surface area contributed by atoms with Gasteiger partial charge >= 0.3 is 0 Å². The summed E-state index contributed by atoms with van der Waals surface area (Å²) in [5.74, 6) is 0. The Balaban J connectivity index is 1.64. The summed E-state index contributed by atoms with van der Waals surface area (Å²) in [5, 5.41) is 0. The van der Waals surface area contributed by atoms with Crippen molar-refractivity contribution in [2.24, 2.45) is 0 Å². The molecule has 0 amide bonds. The fourth-order valence-corrected chi connectivity index (χ4v) is 13.8. The van der Waals surface area contributed by atoms with Crippen LogP contribution >= 0.6 is 23.5 Å². The molecule has 0 aliphatic carbocycles. The minimum absolute atomic E-state index is 0.0637. The molecular weight excluding hydrogens is 537 g/mol. The Kier molecular flexibility index (Phi) is 8.32. The van der Waals surface area contributed by atoms with E-state index >= 15 is 0 Å². The largest absolute Gasteiger partial charge is 0.194 e. The third-order valence-corrected chi connectivity index (χ3v) is 15.1. The van der Waals surface area contributed by atoms with Crippen molar-refractivity contribution < 1.29 is 0 Å². The molecule has 2 aliphatic heterocycles. The number of benzene rings is 4. The number of hydrogen-bond acceptors (Lipinski definition) is 2. The molecule has 0 atom stereocenters. The predicted molar refractivity (Wildman–Crippen MR) is 168 cm³/mol. The molecule has 4 heteroatoms. The highest BCUT2D eigenvalue weighted by atomic mass is 32.2. The standard InChI is InChI=1S/C34H34S4/c1-3-5-19-33(37-29-21-11-7-15-25(29)35-26-16-8-12-22-30(26)37)34(20-6-4-2)38-31-23-13-9-17-27(31)36-28-18-10-14-24-32(28)38/h7-18,21-24H,3-6,19-20H2,1-2H3/q+2/b34-33+. The zero-order chi connectivity index (χ0) is 25.9. The van der Waals surface area contributed by atoms with Crippen molar-refractivity contribution in [1.29, 1.82) is 0 Å². The van der Waals surface area contributed by atoms with E-state index in [1.165, 1.54) is 77.7 Å². The van der Waals surface area contributed by atoms with Crippen LogP contribution < -0.4 is 0 Å². The van der Waals surface area contributed by atoms with Crippen molar-refractivity contribution in [3.8, 4) is 0 Å². The van der Waals surface area contributed by atoms with E-state index in [4.69, 9.17) is 0 Å². The number of allylic oxidation sites excluding steroid dienone is 2. The molecule has 0 unspecified atom stereocenters. The van der Waals surface area contributed by atoms with Crippen LogP contribution in [-0.2, 0) is 21.8 Å². The lowest BCUT2D eigenvalue weighted by Gasteiger charge is -2.24. The first-order valence-electron chi connectivity index (χ1n) is 13.7. The second-order valence-electron chi connectivity index (χ2n) is 9.66. The maximum absolute atomic E-state index is 2.41. The number of fused-ring (bicyclic) bond motifs is 4. The molecule has 38 heavy (non-hydrogen) atoms. The molecule has 4 aromatic rings. The zero-order valence-electron chi connectivity index (χ0n) is 22.1. The third kappa shape index (κ3) is 5.01. The average molecular weight is 571 g/mol. The monoisotopic (exact) mass is 570 g/mol. The fourth-order valence-electron chi connectivity index (χ4n) is 5.20. The summed E-state index contributed by atoms with van der Waals surface area (Å²) in [6, 6.07) is 36.8. The Labute approximate surface area is 242 Å². The van der Waals surface area contributed by atoms with Crippen LogP contribution in [-0.4, -0.2) is 0 Å². The predicted octanol–water partition coefficient (Wildman–Crippen LogP) is 11.0. The molecule has 0 fully saturated rings. The van der Waals surface area contributed by atoms with Gasteiger partial charge in [-0.3, -0.25) is 0 Å². The van der Waals surface area contributed by atoms with Crippen molar-refractivity contribution in [3.63, 3.8) is 0 Å². The van der Waals surface area contributed by atoms with Crippen LogP contribution in [0.1, 0.15) is 52.4 Å². The first-order valence-corrected chi connectivity index (χ1v) is 17.8. The minimum atomic E-state index is -0.0637. The van der Waals surface area contributed by atoms with Gasteiger partial charge in [-0.2, -0.15) is 0 Å². The quantitative estimate of drug-likeness (QED) is 0.193. The average Bonchev–Trinajstić information content (AvgIpc) is 2.97. The SMILES string of the molecule is CCCC/C(=C(/CCCC)[S+]1c2ccccc2Sc2ccccc21)[S+]1c2ccccc2Sc2ccccc21. The van der Waals surface area contributed by atoms with Crippen molar-refractivity contribution in [2.45, 2.75) is 91.5 Å². The van der Waals surface area contributed by atoms with Gasteiger partial charge in [-0.25, -0.2) is 0 Å². The van der Waals surface area contributed by atoms with Crippen LogP contribution in [0.2, 0.25) is 0 Å². The third-order valence-electron chi connectivity index (χ3n) is 7.03. The summed E-state index contributed by atoms with van der Waals surface area (Å²) < 4.78 is 0. The maximum atomic E-state index is 2.41. The first kappa shape index (κ1) is 26.3. The second kappa shape index (κ2) is 12.0. The summed E-state index contributed by atoms with van der Waals surface area (Å²) in [6.45, 7) is 4.68. The van der Waals surface area contributed by atoms with Crippen molar-refractivity contribution in [3.05, 3.63) is 107 Å². The summed E-state index contributed by atoms with van der Waals surface area (Å²) in [4.78, 5) is 15.2. The van der Waals surface area contributed by atoms with Gasteiger partial charge in [0.25, 0.3) is 0 Å². The number of unbranched alkanes of at least 4 members (excludes halogenated alkanes) is 2. The molecule has 0 aromatic heterocycles. The smallest absolute Gasteiger partial charge is 0.0795 e. The molecule has 4 aromatic carbocycles. The lowest BCUT2D eigenvalue weighted by molar-refractivity contribution is 0.779. The van der Waals surface area contributed by atoms with Gasteiger partial charge in [0.05, 0.1) is 19.6 Å². The van der Waals surface area contributed by atoms with Crippen LogP contribution in [0.3, 0.4) is 0 Å². The molecule has 0 saturated carbocycles. The second-order valence-corrected chi connectivity index (χ2v) is 15.8. The molecule has 6 rings (SSSR count). The summed E-state index contributed by atoms with van der Waals surface area (Å²) in [6.07, 6.45) is 7.26. The van der Waals surface area contributed by atoms with Crippen LogP contribution in [0.25, 0.3) is 0 Å². The highest BCUT2D eigenvalue weighted by Gasteiger charge is 2.48. The van der Waals surface area contributed by atoms with E-state index in [1.54, 1.807) is 9.81 Å². The maximum Gasteiger partial charge on any atom is 0.194 e. The molecule has 2 heterocycles. The van der Waals surface area contributed by atoms with Crippen LogP contribution in [0.4, 0.5) is 0 Å². The lowest BCUT2D eigenvalue weighted by Crippen LogP contribution is -2.20. The van der Waals surface area contributed by atoms with Gasteiger partial charge in [-0.1, -0.05) is 98.7 Å². The zero-order valence-corrected chi connectivity index (χ0v) is 25.4. The van der Waals surface area contributed by atoms with E-state index in [0.717, 1.165) is 0 Å². The topological polar surface area (TPSA) is 0 Å². The Morgan fingerprint density at radius 2 is 0.763 bits per heavy atom. The summed E-state index contributed by atoms with van der Waals surface area (Å²) in [7, 11) is -0.127. The summed E-state index contributed by atoms with van der Waals surface area (Å²) >= 11 is 3.91. The van der Waals surface area contributed by atoms with Crippen LogP contribution in [0.15, 0.2) is 146 Å². The molecule has 192 valence electrons. The molecule has 0 radical (unpaired) electrons. The molecule has 0 saturated heterocycles. The minimum Gasteiger partial charge on any atom is -0.0795 e. The molecule has 0 spiro atoms. The van der Waals surface area contributed by atoms with Crippen molar-refractivity contribution in [1.82, 2.24) is 0 Å². The van der Waals surface area contributed by atoms with Gasteiger partial charge in [-0.15, -0.1) is 0 Å². The van der Waals surface area contributed by atoms with E-state index in [2.05, 4.69) is 111 Å². The van der Waals surface area contributed by atoms with E-state index in [-0.39, 0.29) is 21.8 Å². The Bertz CT molecular complexity index is 1270. The molecule has 0 nitrogen and oxygen atoms in total. The van der Waals surface area contributed by atoms with E-state index < -0.39 is 0 Å². The number of hydrogen-bond donors (Lipinski definition) is 0. The highest BCUT2D eigenvalue weighted by molar-refractivity contribution is 8.08. The van der Waals surface area contributed by atoms with Gasteiger partial charge < -0.3 is 0 Å². The summed E-state index contributed by atoms with van der Waals surface area (Å²) in [5.41, 5.74) is 0. The van der Waals surface area contributed by atoms with Crippen molar-refractivity contribution >= 4 is 45.3 Å². The van der Waals surface area contributed by atoms with Gasteiger partial charge in [0.1, 0.15) is 21.8 Å². The first-order chi connectivity index (χ1) is 18.8. The Hall–Kier alpha value is -1.98. The van der Waals surface area contributed by atoms with Gasteiger partial charge in [0, 0.05) is 12.8 Å². The van der Waals surface area contributed by atoms with Crippen molar-refractivity contribution in [2.75, 3.05) is 0 Å². The Morgan fingerprint density at radius 1 is 0.474 bits per heavy atom. The molecule has 0 bridgehead atoms. The van der Waals surface area contributed by atoms with Crippen LogP contribution in [0.5, 0.6) is 0 Å². The van der Waals surface area contributed by atoms with Gasteiger partial charge in [0.15, 0.2) is 29.4 Å². The van der Waals surface area contributed by atoms with Gasteiger partial charge in [0.2, 0.25) is 0 Å². The Morgan fingerprint density at radius 3 is 1.05 bits per heavy atom. The fraction of sp³-hybridized carbons (Fsp3) is 0.235. The van der Waals surface area contributed by atoms with E-state index in [0.29, 0.717) is 0 Å². The van der Waals surface area contributed by atoms with Crippen LogP contribution in [0, 0.1) is 0 Å².